The summed E-state index contributed by atoms with van der Waals surface area (Å²) in [7, 11) is 0. The predicted molar refractivity (Wildman–Crippen MR) is 113 cm³/mol. The molecular weight excluding hydrogens is 439 g/mol. The highest BCUT2D eigenvalue weighted by atomic mass is 35.5. The molecular formula is C20H17Cl3N2O4. The molecule has 1 aliphatic heterocycles. The highest BCUT2D eigenvalue weighted by Crippen LogP contribution is 2.30. The first-order valence-corrected chi connectivity index (χ1v) is 9.86. The zero-order valence-electron chi connectivity index (χ0n) is 15.4. The maximum atomic E-state index is 12.3. The molecule has 0 bridgehead atoms. The number of ether oxygens (including phenoxy) is 1. The maximum absolute atomic E-state index is 12.3. The van der Waals surface area contributed by atoms with E-state index >= 15 is 0 Å². The minimum absolute atomic E-state index is 0.00602. The van der Waals surface area contributed by atoms with Crippen molar-refractivity contribution in [2.75, 3.05) is 23.4 Å². The SMILES string of the molecule is Cc1ccc(N2C[C@@H](C(=O)OCC(=O)Nc3cccc(Cl)c3Cl)CC2=O)cc1Cl. The maximum Gasteiger partial charge on any atom is 0.311 e. The Balaban J connectivity index is 1.56. The molecule has 6 nitrogen and oxygen atoms in total. The third-order valence-electron chi connectivity index (χ3n) is 4.50. The number of aryl methyl sites for hydroxylation is 1. The summed E-state index contributed by atoms with van der Waals surface area (Å²) in [5.41, 5.74) is 1.83. The first-order valence-electron chi connectivity index (χ1n) is 8.73. The fourth-order valence-corrected chi connectivity index (χ4v) is 3.43. The number of hydrogen-bond donors (Lipinski definition) is 1. The van der Waals surface area contributed by atoms with Gasteiger partial charge in [-0.2, -0.15) is 0 Å². The highest BCUT2D eigenvalue weighted by Gasteiger charge is 2.36. The molecule has 1 atom stereocenters. The van der Waals surface area contributed by atoms with Crippen LogP contribution < -0.4 is 10.2 Å². The van der Waals surface area contributed by atoms with Crippen LogP contribution in [0.25, 0.3) is 0 Å². The predicted octanol–water partition coefficient (Wildman–Crippen LogP) is 4.49. The Hall–Kier alpha value is -2.28. The Morgan fingerprint density at radius 1 is 1.17 bits per heavy atom. The van der Waals surface area contributed by atoms with E-state index in [-0.39, 0.29) is 23.9 Å². The van der Waals surface area contributed by atoms with E-state index in [9.17, 15) is 14.4 Å². The summed E-state index contributed by atoms with van der Waals surface area (Å²) in [5.74, 6) is -2.05. The van der Waals surface area contributed by atoms with Crippen LogP contribution in [-0.2, 0) is 19.1 Å². The van der Waals surface area contributed by atoms with Crippen molar-refractivity contribution in [3.05, 3.63) is 57.0 Å². The second-order valence-corrected chi connectivity index (χ2v) is 7.79. The van der Waals surface area contributed by atoms with E-state index in [4.69, 9.17) is 39.5 Å². The fraction of sp³-hybridized carbons (Fsp3) is 0.250. The number of carbonyl (C=O) groups is 3. The molecule has 1 fully saturated rings. The number of amides is 2. The summed E-state index contributed by atoms with van der Waals surface area (Å²) in [6.45, 7) is 1.53. The van der Waals surface area contributed by atoms with Gasteiger partial charge in [0.1, 0.15) is 0 Å². The average Bonchev–Trinajstić information content (AvgIpc) is 3.07. The standard InChI is InChI=1S/C20H17Cl3N2O4/c1-11-5-6-13(8-15(11)22)25-9-12(7-18(25)27)20(28)29-10-17(26)24-16-4-2-3-14(21)19(16)23/h2-6,8,12H,7,9-10H2,1H3,(H,24,26)/t12-/m0/s1. The molecule has 2 aromatic carbocycles. The van der Waals surface area contributed by atoms with Crippen LogP contribution in [0.4, 0.5) is 11.4 Å². The van der Waals surface area contributed by atoms with Gasteiger partial charge in [0, 0.05) is 23.7 Å². The quantitative estimate of drug-likeness (QED) is 0.674. The second-order valence-electron chi connectivity index (χ2n) is 6.60. The second kappa shape index (κ2) is 9.03. The lowest BCUT2D eigenvalue weighted by Gasteiger charge is -2.17. The number of rotatable bonds is 5. The Morgan fingerprint density at radius 2 is 1.93 bits per heavy atom. The third-order valence-corrected chi connectivity index (χ3v) is 5.72. The van der Waals surface area contributed by atoms with Gasteiger partial charge in [0.05, 0.1) is 21.7 Å². The zero-order valence-corrected chi connectivity index (χ0v) is 17.6. The van der Waals surface area contributed by atoms with Gasteiger partial charge in [0.25, 0.3) is 5.91 Å². The molecule has 0 aliphatic carbocycles. The van der Waals surface area contributed by atoms with E-state index in [1.54, 1.807) is 30.3 Å². The van der Waals surface area contributed by atoms with Gasteiger partial charge in [-0.1, -0.05) is 46.9 Å². The smallest absolute Gasteiger partial charge is 0.311 e. The van der Waals surface area contributed by atoms with Crippen molar-refractivity contribution < 1.29 is 19.1 Å². The van der Waals surface area contributed by atoms with Crippen LogP contribution in [0.3, 0.4) is 0 Å². The lowest BCUT2D eigenvalue weighted by atomic mass is 10.1. The normalized spacial score (nSPS) is 16.1. The van der Waals surface area contributed by atoms with Gasteiger partial charge >= 0.3 is 5.97 Å². The van der Waals surface area contributed by atoms with Crippen molar-refractivity contribution in [2.24, 2.45) is 5.92 Å². The minimum atomic E-state index is -0.662. The lowest BCUT2D eigenvalue weighted by Crippen LogP contribution is -2.28. The van der Waals surface area contributed by atoms with Crippen molar-refractivity contribution in [2.45, 2.75) is 13.3 Å². The van der Waals surface area contributed by atoms with Crippen molar-refractivity contribution in [3.8, 4) is 0 Å². The largest absolute Gasteiger partial charge is 0.455 e. The van der Waals surface area contributed by atoms with Crippen LogP contribution in [0, 0.1) is 12.8 Å². The van der Waals surface area contributed by atoms with Gasteiger partial charge in [-0.25, -0.2) is 0 Å². The lowest BCUT2D eigenvalue weighted by molar-refractivity contribution is -0.151. The Morgan fingerprint density at radius 3 is 2.66 bits per heavy atom. The molecule has 152 valence electrons. The number of esters is 1. The van der Waals surface area contributed by atoms with Crippen molar-refractivity contribution in [1.82, 2.24) is 0 Å². The summed E-state index contributed by atoms with van der Waals surface area (Å²) >= 11 is 18.0. The molecule has 2 aromatic rings. The van der Waals surface area contributed by atoms with Crippen LogP contribution in [0.5, 0.6) is 0 Å². The summed E-state index contributed by atoms with van der Waals surface area (Å²) < 4.78 is 5.07. The number of benzene rings is 2. The van der Waals surface area contributed by atoms with Gasteiger partial charge in [-0.05, 0) is 36.8 Å². The topological polar surface area (TPSA) is 75.7 Å². The third kappa shape index (κ3) is 5.01. The molecule has 0 unspecified atom stereocenters. The highest BCUT2D eigenvalue weighted by molar-refractivity contribution is 6.44. The molecule has 0 saturated carbocycles. The van der Waals surface area contributed by atoms with Crippen LogP contribution in [0.15, 0.2) is 36.4 Å². The van der Waals surface area contributed by atoms with E-state index in [0.717, 1.165) is 5.56 Å². The fourth-order valence-electron chi connectivity index (χ4n) is 2.91. The van der Waals surface area contributed by atoms with Crippen LogP contribution in [-0.4, -0.2) is 30.9 Å². The first kappa shape index (κ1) is 21.4. The minimum Gasteiger partial charge on any atom is -0.455 e. The molecule has 0 aromatic heterocycles. The molecule has 29 heavy (non-hydrogen) atoms. The number of carbonyl (C=O) groups excluding carboxylic acids is 3. The summed E-state index contributed by atoms with van der Waals surface area (Å²) in [4.78, 5) is 38.1. The van der Waals surface area contributed by atoms with Gasteiger partial charge in [-0.3, -0.25) is 14.4 Å². The zero-order chi connectivity index (χ0) is 21.1. The number of anilines is 2. The summed E-state index contributed by atoms with van der Waals surface area (Å²) in [6.07, 6.45) is 0.00602. The number of nitrogens with zero attached hydrogens (tertiary/aromatic N) is 1. The van der Waals surface area contributed by atoms with Crippen molar-refractivity contribution >= 4 is 64.0 Å². The molecule has 9 heteroatoms. The Labute approximate surface area is 182 Å². The number of nitrogens with one attached hydrogen (secondary N) is 1. The molecule has 1 aliphatic rings. The molecule has 3 rings (SSSR count). The number of hydrogen-bond acceptors (Lipinski definition) is 4. The van der Waals surface area contributed by atoms with Gasteiger partial charge in [0.15, 0.2) is 6.61 Å². The van der Waals surface area contributed by atoms with Gasteiger partial charge < -0.3 is 15.0 Å². The van der Waals surface area contributed by atoms with Gasteiger partial charge in [0.2, 0.25) is 5.91 Å². The Bertz CT molecular complexity index is 980. The van der Waals surface area contributed by atoms with Crippen LogP contribution in [0.1, 0.15) is 12.0 Å². The molecule has 1 saturated heterocycles. The summed E-state index contributed by atoms with van der Waals surface area (Å²) in [6, 6.07) is 10.1. The Kier molecular flexibility index (Phi) is 6.67. The summed E-state index contributed by atoms with van der Waals surface area (Å²) in [5, 5.41) is 3.56. The monoisotopic (exact) mass is 454 g/mol. The molecule has 0 spiro atoms. The first-order chi connectivity index (χ1) is 13.8. The van der Waals surface area contributed by atoms with Crippen molar-refractivity contribution in [1.29, 1.82) is 0 Å². The number of halogens is 3. The molecule has 2 amide bonds. The van der Waals surface area contributed by atoms with E-state index in [2.05, 4.69) is 5.32 Å². The molecule has 0 radical (unpaired) electrons. The molecule has 1 N–H and O–H groups in total. The molecule has 1 heterocycles. The van der Waals surface area contributed by atoms with E-state index < -0.39 is 24.4 Å². The average molecular weight is 456 g/mol. The van der Waals surface area contributed by atoms with E-state index in [0.29, 0.717) is 21.4 Å². The van der Waals surface area contributed by atoms with E-state index in [1.807, 2.05) is 13.0 Å². The van der Waals surface area contributed by atoms with Crippen LogP contribution >= 0.6 is 34.8 Å². The van der Waals surface area contributed by atoms with Crippen LogP contribution in [0.2, 0.25) is 15.1 Å². The van der Waals surface area contributed by atoms with Gasteiger partial charge in [-0.15, -0.1) is 0 Å². The van der Waals surface area contributed by atoms with E-state index in [1.165, 1.54) is 4.90 Å². The van der Waals surface area contributed by atoms with Crippen molar-refractivity contribution in [3.63, 3.8) is 0 Å².